The van der Waals surface area contributed by atoms with Gasteiger partial charge in [0.15, 0.2) is 0 Å². The van der Waals surface area contributed by atoms with Gasteiger partial charge in [-0.15, -0.1) is 11.8 Å². The Balaban J connectivity index is 1.38. The van der Waals surface area contributed by atoms with Gasteiger partial charge in [0.2, 0.25) is 5.95 Å². The molecule has 4 nitrogen and oxygen atoms in total. The largest absolute Gasteiger partial charge is 0.338 e. The summed E-state index contributed by atoms with van der Waals surface area (Å²) in [5.41, 5.74) is 5.24. The zero-order valence-corrected chi connectivity index (χ0v) is 18.2. The van der Waals surface area contributed by atoms with Gasteiger partial charge >= 0.3 is 0 Å². The maximum absolute atomic E-state index is 6.38. The first kappa shape index (κ1) is 19.6. The number of nitrogens with zero attached hydrogens (tertiary/aromatic N) is 4. The minimum absolute atomic E-state index is 0.788. The third-order valence-electron chi connectivity index (χ3n) is 5.68. The van der Waals surface area contributed by atoms with Crippen molar-refractivity contribution in [1.82, 2.24) is 14.9 Å². The van der Waals surface area contributed by atoms with E-state index < -0.39 is 0 Å². The summed E-state index contributed by atoms with van der Waals surface area (Å²) in [5, 5.41) is 0.788. The Labute approximate surface area is 186 Å². The molecule has 152 valence electrons. The maximum Gasteiger partial charge on any atom is 0.225 e. The molecule has 5 rings (SSSR count). The Hall–Kier alpha value is -2.34. The molecule has 30 heavy (non-hydrogen) atoms. The van der Waals surface area contributed by atoms with Gasteiger partial charge < -0.3 is 4.90 Å². The lowest BCUT2D eigenvalue weighted by atomic mass is 9.94. The molecule has 3 heterocycles. The van der Waals surface area contributed by atoms with E-state index in [1.54, 1.807) is 0 Å². The van der Waals surface area contributed by atoms with Crippen molar-refractivity contribution in [2.45, 2.75) is 10.6 Å². The van der Waals surface area contributed by atoms with Crippen LogP contribution >= 0.6 is 23.4 Å². The Kier molecular flexibility index (Phi) is 5.75. The van der Waals surface area contributed by atoms with Crippen LogP contribution < -0.4 is 4.90 Å². The summed E-state index contributed by atoms with van der Waals surface area (Å²) in [6.07, 6.45) is 6.00. The zero-order valence-electron chi connectivity index (χ0n) is 16.7. The van der Waals surface area contributed by atoms with Gasteiger partial charge in [0.05, 0.1) is 0 Å². The molecule has 0 aliphatic carbocycles. The van der Waals surface area contributed by atoms with Crippen LogP contribution in [-0.2, 0) is 5.75 Å². The molecule has 1 fully saturated rings. The molecule has 2 aromatic carbocycles. The van der Waals surface area contributed by atoms with Crippen LogP contribution in [0.5, 0.6) is 0 Å². The molecule has 0 saturated carbocycles. The van der Waals surface area contributed by atoms with Crippen LogP contribution in [0.4, 0.5) is 5.95 Å². The number of piperazine rings is 1. The predicted octanol–water partition coefficient (Wildman–Crippen LogP) is 4.99. The molecular weight excluding hydrogens is 412 g/mol. The molecule has 1 aromatic heterocycles. The third-order valence-corrected chi connectivity index (χ3v) is 7.04. The fourth-order valence-electron chi connectivity index (χ4n) is 4.07. The van der Waals surface area contributed by atoms with Gasteiger partial charge in [-0.25, -0.2) is 9.97 Å². The van der Waals surface area contributed by atoms with Crippen LogP contribution in [0.25, 0.3) is 5.57 Å². The van der Waals surface area contributed by atoms with E-state index in [1.807, 2.05) is 36.3 Å². The van der Waals surface area contributed by atoms with Crippen LogP contribution in [0, 0.1) is 0 Å². The monoisotopic (exact) mass is 434 g/mol. The van der Waals surface area contributed by atoms with Gasteiger partial charge in [-0.05, 0) is 46.5 Å². The number of halogens is 1. The molecule has 2 aliphatic heterocycles. The standard InChI is InChI=1S/C24H23ClN4S/c25-19-6-7-23-22(16-19)21(20-5-2-1-4-18(20)17-30-23)8-11-28-12-14-29(15-13-28)24-26-9-3-10-27-24/h1-10,16H,11-15,17H2/b21-8-. The average molecular weight is 435 g/mol. The van der Waals surface area contributed by atoms with E-state index in [1.165, 1.54) is 27.2 Å². The van der Waals surface area contributed by atoms with E-state index in [4.69, 9.17) is 11.6 Å². The first-order valence-electron chi connectivity index (χ1n) is 10.2. The molecule has 2 aliphatic rings. The lowest BCUT2D eigenvalue weighted by molar-refractivity contribution is 0.283. The molecule has 1 saturated heterocycles. The van der Waals surface area contributed by atoms with Crippen LogP contribution in [0.15, 0.2) is 71.9 Å². The van der Waals surface area contributed by atoms with Crippen molar-refractivity contribution < 1.29 is 0 Å². The van der Waals surface area contributed by atoms with Crippen LogP contribution in [0.3, 0.4) is 0 Å². The van der Waals surface area contributed by atoms with Gasteiger partial charge in [0.1, 0.15) is 0 Å². The van der Waals surface area contributed by atoms with Crippen LogP contribution in [-0.4, -0.2) is 47.6 Å². The number of benzene rings is 2. The second-order valence-corrected chi connectivity index (χ2v) is 8.99. The van der Waals surface area contributed by atoms with Crippen molar-refractivity contribution in [3.63, 3.8) is 0 Å². The number of hydrogen-bond donors (Lipinski definition) is 0. The number of thioether (sulfide) groups is 1. The molecule has 6 heteroatoms. The summed E-state index contributed by atoms with van der Waals surface area (Å²) in [7, 11) is 0. The fourth-order valence-corrected chi connectivity index (χ4v) is 5.30. The highest BCUT2D eigenvalue weighted by Crippen LogP contribution is 2.41. The first-order valence-corrected chi connectivity index (χ1v) is 11.6. The van der Waals surface area contributed by atoms with Gasteiger partial charge in [0.25, 0.3) is 0 Å². The Morgan fingerprint density at radius 3 is 2.57 bits per heavy atom. The minimum Gasteiger partial charge on any atom is -0.338 e. The number of hydrogen-bond acceptors (Lipinski definition) is 5. The van der Waals surface area contributed by atoms with E-state index in [0.717, 1.165) is 49.4 Å². The molecule has 0 radical (unpaired) electrons. The Morgan fingerprint density at radius 1 is 0.933 bits per heavy atom. The molecule has 0 unspecified atom stereocenters. The highest BCUT2D eigenvalue weighted by Gasteiger charge is 2.21. The lowest BCUT2D eigenvalue weighted by Crippen LogP contribution is -2.47. The topological polar surface area (TPSA) is 32.3 Å². The number of rotatable bonds is 3. The number of aromatic nitrogens is 2. The van der Waals surface area contributed by atoms with Crippen molar-refractivity contribution in [3.8, 4) is 0 Å². The summed E-state index contributed by atoms with van der Waals surface area (Å²) in [6.45, 7) is 4.82. The molecule has 0 spiro atoms. The Bertz CT molecular complexity index is 1060. The van der Waals surface area contributed by atoms with E-state index in [-0.39, 0.29) is 0 Å². The quantitative estimate of drug-likeness (QED) is 0.579. The predicted molar refractivity (Wildman–Crippen MR) is 125 cm³/mol. The van der Waals surface area contributed by atoms with Crippen molar-refractivity contribution in [3.05, 3.63) is 88.7 Å². The fraction of sp³-hybridized carbons (Fsp3) is 0.250. The second kappa shape index (κ2) is 8.80. The second-order valence-electron chi connectivity index (χ2n) is 7.54. The van der Waals surface area contributed by atoms with Crippen molar-refractivity contribution >= 4 is 34.9 Å². The Morgan fingerprint density at radius 2 is 1.73 bits per heavy atom. The smallest absolute Gasteiger partial charge is 0.225 e. The number of anilines is 1. The highest BCUT2D eigenvalue weighted by molar-refractivity contribution is 7.98. The SMILES string of the molecule is Clc1ccc2c(c1)/C(=C\CN1CCN(c3ncccn3)CC1)c1ccccc1CS2. The minimum atomic E-state index is 0.788. The summed E-state index contributed by atoms with van der Waals surface area (Å²) in [4.78, 5) is 14.8. The molecule has 0 atom stereocenters. The highest BCUT2D eigenvalue weighted by atomic mass is 35.5. The van der Waals surface area contributed by atoms with Crippen LogP contribution in [0.2, 0.25) is 5.02 Å². The van der Waals surface area contributed by atoms with Crippen molar-refractivity contribution in [2.24, 2.45) is 0 Å². The van der Waals surface area contributed by atoms with E-state index in [0.29, 0.717) is 0 Å². The number of fused-ring (bicyclic) bond motifs is 2. The molecular formula is C24H23ClN4S. The molecule has 0 N–H and O–H groups in total. The van der Waals surface area contributed by atoms with Gasteiger partial charge in [-0.1, -0.05) is 41.9 Å². The maximum atomic E-state index is 6.38. The van der Waals surface area contributed by atoms with Crippen molar-refractivity contribution in [1.29, 1.82) is 0 Å². The summed E-state index contributed by atoms with van der Waals surface area (Å²) >= 11 is 8.27. The summed E-state index contributed by atoms with van der Waals surface area (Å²) in [5.74, 6) is 1.81. The average Bonchev–Trinajstić information content (AvgIpc) is 2.95. The molecule has 3 aromatic rings. The molecule has 0 bridgehead atoms. The summed E-state index contributed by atoms with van der Waals surface area (Å²) < 4.78 is 0. The van der Waals surface area contributed by atoms with E-state index in [9.17, 15) is 0 Å². The first-order chi connectivity index (χ1) is 14.8. The van der Waals surface area contributed by atoms with Crippen LogP contribution in [0.1, 0.15) is 16.7 Å². The van der Waals surface area contributed by atoms with Gasteiger partial charge in [-0.3, -0.25) is 4.90 Å². The van der Waals surface area contributed by atoms with E-state index >= 15 is 0 Å². The molecule has 0 amide bonds. The third kappa shape index (κ3) is 4.10. The normalized spacial score (nSPS) is 18.0. The van der Waals surface area contributed by atoms with Gasteiger partial charge in [-0.2, -0.15) is 0 Å². The van der Waals surface area contributed by atoms with Gasteiger partial charge in [0, 0.05) is 60.8 Å². The van der Waals surface area contributed by atoms with Crippen molar-refractivity contribution in [2.75, 3.05) is 37.6 Å². The van der Waals surface area contributed by atoms with E-state index in [2.05, 4.69) is 62.2 Å². The zero-order chi connectivity index (χ0) is 20.3. The summed E-state index contributed by atoms with van der Waals surface area (Å²) in [6, 6.07) is 16.9. The lowest BCUT2D eigenvalue weighted by Gasteiger charge is -2.34.